The van der Waals surface area contributed by atoms with Crippen LogP contribution in [-0.4, -0.2) is 20.0 Å². The maximum atomic E-state index is 11.1. The fourth-order valence-electron chi connectivity index (χ4n) is 1.66. The van der Waals surface area contributed by atoms with E-state index in [1.54, 1.807) is 24.3 Å². The average Bonchev–Trinajstić information content (AvgIpc) is 2.47. The van der Waals surface area contributed by atoms with E-state index in [4.69, 9.17) is 15.7 Å². The summed E-state index contributed by atoms with van der Waals surface area (Å²) in [5, 5.41) is 20.1. The van der Waals surface area contributed by atoms with Crippen molar-refractivity contribution in [3.63, 3.8) is 0 Å². The first-order chi connectivity index (χ1) is 10.0. The monoisotopic (exact) mass is 291 g/mol. The number of aromatic nitrogens is 2. The number of hydrazine groups is 1. The highest BCUT2D eigenvalue weighted by atomic mass is 16.6. The molecule has 1 aromatic heterocycles. The van der Waals surface area contributed by atoms with Gasteiger partial charge in [0.25, 0.3) is 0 Å². The second kappa shape index (κ2) is 6.11. The molecule has 9 nitrogen and oxygen atoms in total. The zero-order valence-electron chi connectivity index (χ0n) is 11.1. The van der Waals surface area contributed by atoms with Gasteiger partial charge in [0.05, 0.1) is 11.5 Å². The lowest BCUT2D eigenvalue weighted by molar-refractivity contribution is -0.386. The molecule has 110 valence electrons. The number of hydrogen-bond donors (Lipinski definition) is 3. The Morgan fingerprint density at radius 2 is 2.05 bits per heavy atom. The first kappa shape index (κ1) is 14.6. The van der Waals surface area contributed by atoms with Crippen LogP contribution in [-0.2, 0) is 6.61 Å². The quantitative estimate of drug-likeness (QED) is 0.425. The average molecular weight is 291 g/mol. The number of nitrogens with zero attached hydrogens (tertiary/aromatic N) is 3. The summed E-state index contributed by atoms with van der Waals surface area (Å²) < 4.78 is 5.42. The lowest BCUT2D eigenvalue weighted by atomic mass is 10.2. The molecular weight excluding hydrogens is 278 g/mol. The highest BCUT2D eigenvalue weighted by Crippen LogP contribution is 2.32. The van der Waals surface area contributed by atoms with Gasteiger partial charge >= 0.3 is 11.6 Å². The van der Waals surface area contributed by atoms with E-state index in [1.807, 2.05) is 0 Å². The minimum Gasteiger partial charge on any atom is -0.434 e. The second-order valence-electron chi connectivity index (χ2n) is 4.09. The number of rotatable bonds is 5. The van der Waals surface area contributed by atoms with Crippen molar-refractivity contribution >= 4 is 11.6 Å². The molecule has 0 aliphatic heterocycles. The molecule has 0 saturated heterocycles. The maximum absolute atomic E-state index is 11.1. The van der Waals surface area contributed by atoms with Gasteiger partial charge in [0.1, 0.15) is 11.4 Å². The molecule has 0 unspecified atom stereocenters. The number of nitrogens with two attached hydrogens (primary N) is 1. The highest BCUT2D eigenvalue weighted by Gasteiger charge is 2.24. The Morgan fingerprint density at radius 3 is 2.57 bits per heavy atom. The van der Waals surface area contributed by atoms with E-state index in [9.17, 15) is 10.1 Å². The molecule has 2 aromatic rings. The van der Waals surface area contributed by atoms with Crippen LogP contribution in [0.15, 0.2) is 24.3 Å². The van der Waals surface area contributed by atoms with Crippen molar-refractivity contribution in [1.82, 2.24) is 9.97 Å². The number of benzene rings is 1. The van der Waals surface area contributed by atoms with Gasteiger partial charge < -0.3 is 9.84 Å². The van der Waals surface area contributed by atoms with Gasteiger partial charge in [0.15, 0.2) is 0 Å². The normalized spacial score (nSPS) is 10.2. The smallest absolute Gasteiger partial charge is 0.352 e. The largest absolute Gasteiger partial charge is 0.434 e. The summed E-state index contributed by atoms with van der Waals surface area (Å²) in [5.74, 6) is 5.36. The number of anilines is 1. The topological polar surface area (TPSA) is 136 Å². The van der Waals surface area contributed by atoms with Crippen molar-refractivity contribution in [2.24, 2.45) is 5.84 Å². The molecule has 0 bridgehead atoms. The van der Waals surface area contributed by atoms with Gasteiger partial charge in [0, 0.05) is 0 Å². The summed E-state index contributed by atoms with van der Waals surface area (Å²) in [6.07, 6.45) is 0. The Hall–Kier alpha value is -2.78. The number of hydrogen-bond acceptors (Lipinski definition) is 8. The number of nitro groups is 1. The Balaban J connectivity index is 2.41. The van der Waals surface area contributed by atoms with Crippen LogP contribution in [0.25, 0.3) is 0 Å². The van der Waals surface area contributed by atoms with Crippen LogP contribution in [0.2, 0.25) is 0 Å². The minimum absolute atomic E-state index is 0.0140. The van der Waals surface area contributed by atoms with Crippen LogP contribution in [0.3, 0.4) is 0 Å². The van der Waals surface area contributed by atoms with Crippen LogP contribution in [0.1, 0.15) is 11.3 Å². The number of ether oxygens (including phenoxy) is 1. The summed E-state index contributed by atoms with van der Waals surface area (Å²) in [6.45, 7) is 1.36. The molecule has 4 N–H and O–H groups in total. The van der Waals surface area contributed by atoms with E-state index in [1.165, 1.54) is 6.92 Å². The minimum atomic E-state index is -0.618. The van der Waals surface area contributed by atoms with Crippen molar-refractivity contribution in [1.29, 1.82) is 0 Å². The first-order valence-corrected chi connectivity index (χ1v) is 5.92. The maximum Gasteiger partial charge on any atom is 0.352 e. The van der Waals surface area contributed by atoms with Crippen LogP contribution in [0.4, 0.5) is 11.6 Å². The molecule has 0 aliphatic carbocycles. The lowest BCUT2D eigenvalue weighted by Crippen LogP contribution is -2.12. The van der Waals surface area contributed by atoms with E-state index >= 15 is 0 Å². The number of nitrogens with one attached hydrogen (secondary N) is 1. The van der Waals surface area contributed by atoms with Crippen LogP contribution < -0.4 is 16.0 Å². The van der Waals surface area contributed by atoms with Crippen LogP contribution in [0.5, 0.6) is 11.6 Å². The molecule has 1 heterocycles. The van der Waals surface area contributed by atoms with Crippen molar-refractivity contribution in [3.8, 4) is 11.6 Å². The Labute approximate surface area is 119 Å². The Morgan fingerprint density at radius 1 is 1.38 bits per heavy atom. The van der Waals surface area contributed by atoms with Crippen molar-refractivity contribution in [3.05, 3.63) is 45.6 Å². The molecule has 1 aromatic carbocycles. The summed E-state index contributed by atoms with van der Waals surface area (Å²) in [5.41, 5.74) is 2.71. The first-order valence-electron chi connectivity index (χ1n) is 5.92. The van der Waals surface area contributed by atoms with Gasteiger partial charge in [-0.3, -0.25) is 15.5 Å². The molecule has 0 radical (unpaired) electrons. The van der Waals surface area contributed by atoms with Gasteiger partial charge in [-0.05, 0) is 24.6 Å². The number of aliphatic hydroxyl groups is 1. The lowest BCUT2D eigenvalue weighted by Gasteiger charge is -2.08. The van der Waals surface area contributed by atoms with E-state index in [0.29, 0.717) is 11.3 Å². The standard InChI is InChI=1S/C12H13N5O4/c1-7-10(17(19)20)11(15-12(14-7)16-13)21-9-4-2-8(6-18)3-5-9/h2-5,18H,6,13H2,1H3,(H,14,15,16). The Bertz CT molecular complexity index is 659. The van der Waals surface area contributed by atoms with Crippen LogP contribution in [0, 0.1) is 17.0 Å². The Kier molecular flexibility index (Phi) is 4.26. The van der Waals surface area contributed by atoms with Gasteiger partial charge in [-0.1, -0.05) is 12.1 Å². The van der Waals surface area contributed by atoms with E-state index < -0.39 is 4.92 Å². The zero-order valence-corrected chi connectivity index (χ0v) is 11.1. The van der Waals surface area contributed by atoms with Gasteiger partial charge in [0.2, 0.25) is 5.95 Å². The molecule has 0 saturated carbocycles. The molecule has 21 heavy (non-hydrogen) atoms. The fourth-order valence-corrected chi connectivity index (χ4v) is 1.66. The van der Waals surface area contributed by atoms with Crippen molar-refractivity contribution < 1.29 is 14.8 Å². The van der Waals surface area contributed by atoms with Crippen LogP contribution >= 0.6 is 0 Å². The van der Waals surface area contributed by atoms with E-state index in [-0.39, 0.29) is 29.8 Å². The third-order valence-electron chi connectivity index (χ3n) is 2.66. The molecular formula is C12H13N5O4. The fraction of sp³-hybridized carbons (Fsp3) is 0.167. The molecule has 0 fully saturated rings. The molecule has 0 amide bonds. The molecule has 0 atom stereocenters. The van der Waals surface area contributed by atoms with Gasteiger partial charge in [-0.15, -0.1) is 0 Å². The van der Waals surface area contributed by atoms with E-state index in [2.05, 4.69) is 15.4 Å². The molecule has 9 heteroatoms. The van der Waals surface area contributed by atoms with Gasteiger partial charge in [-0.25, -0.2) is 10.8 Å². The number of nitrogen functional groups attached to an aromatic ring is 1. The summed E-state index contributed by atoms with van der Waals surface area (Å²) >= 11 is 0. The van der Waals surface area contributed by atoms with E-state index in [0.717, 1.165) is 0 Å². The van der Waals surface area contributed by atoms with Crippen molar-refractivity contribution in [2.75, 3.05) is 5.43 Å². The summed E-state index contributed by atoms with van der Waals surface area (Å²) in [4.78, 5) is 18.2. The highest BCUT2D eigenvalue weighted by molar-refractivity contribution is 5.50. The van der Waals surface area contributed by atoms with Gasteiger partial charge in [-0.2, -0.15) is 4.98 Å². The second-order valence-corrected chi connectivity index (χ2v) is 4.09. The number of aliphatic hydroxyl groups excluding tert-OH is 1. The third-order valence-corrected chi connectivity index (χ3v) is 2.66. The zero-order chi connectivity index (χ0) is 15.4. The predicted octanol–water partition coefficient (Wildman–Crippen LogP) is 1.26. The third kappa shape index (κ3) is 3.22. The predicted molar refractivity (Wildman–Crippen MR) is 73.7 cm³/mol. The summed E-state index contributed by atoms with van der Waals surface area (Å²) in [6, 6.07) is 6.42. The molecule has 2 rings (SSSR count). The SMILES string of the molecule is Cc1nc(NN)nc(Oc2ccc(CO)cc2)c1[N+](=O)[O-]. The molecule has 0 spiro atoms. The summed E-state index contributed by atoms with van der Waals surface area (Å²) in [7, 11) is 0. The number of aryl methyl sites for hydroxylation is 1. The van der Waals surface area contributed by atoms with Crippen molar-refractivity contribution in [2.45, 2.75) is 13.5 Å². The molecule has 0 aliphatic rings.